The molecule has 1 saturated carbocycles. The number of nitrogens with one attached hydrogen (secondary N) is 2. The molecular formula is C38H52N2O. The Morgan fingerprint density at radius 2 is 1.46 bits per heavy atom. The smallest absolute Gasteiger partial charge is 0.146 e. The molecule has 0 aliphatic heterocycles. The summed E-state index contributed by atoms with van der Waals surface area (Å²) in [6.45, 7) is 13.6. The van der Waals surface area contributed by atoms with Crippen LogP contribution in [0, 0.1) is 12.8 Å². The van der Waals surface area contributed by atoms with Gasteiger partial charge in [-0.25, -0.2) is 0 Å². The third kappa shape index (κ3) is 11.0. The normalized spacial score (nSPS) is 14.8. The molecule has 220 valence electrons. The van der Waals surface area contributed by atoms with Gasteiger partial charge in [0.25, 0.3) is 0 Å². The van der Waals surface area contributed by atoms with E-state index in [1.807, 2.05) is 6.92 Å². The van der Waals surface area contributed by atoms with Crippen molar-refractivity contribution in [2.45, 2.75) is 91.0 Å². The molecule has 0 aromatic heterocycles. The van der Waals surface area contributed by atoms with E-state index in [1.165, 1.54) is 65.5 Å². The minimum absolute atomic E-state index is 0.309. The van der Waals surface area contributed by atoms with Crippen LogP contribution in [0.3, 0.4) is 0 Å². The molecule has 3 aromatic rings. The molecule has 0 heterocycles. The second-order valence-electron chi connectivity index (χ2n) is 11.7. The van der Waals surface area contributed by atoms with Crippen molar-refractivity contribution >= 4 is 5.78 Å². The molecule has 41 heavy (non-hydrogen) atoms. The van der Waals surface area contributed by atoms with Crippen molar-refractivity contribution in [3.05, 3.63) is 108 Å². The molecule has 0 spiro atoms. The van der Waals surface area contributed by atoms with Gasteiger partial charge in [0, 0.05) is 12.5 Å². The lowest BCUT2D eigenvalue weighted by molar-refractivity contribution is -0.118. The summed E-state index contributed by atoms with van der Waals surface area (Å²) in [5.41, 5.74) is 7.95. The minimum Gasteiger partial charge on any atom is -0.385 e. The molecular weight excluding hydrogens is 500 g/mol. The van der Waals surface area contributed by atoms with Gasteiger partial charge in [-0.15, -0.1) is 0 Å². The van der Waals surface area contributed by atoms with E-state index in [4.69, 9.17) is 0 Å². The second-order valence-corrected chi connectivity index (χ2v) is 11.7. The van der Waals surface area contributed by atoms with Crippen molar-refractivity contribution in [3.8, 4) is 11.1 Å². The first kappa shape index (κ1) is 32.3. The number of hydrogen-bond acceptors (Lipinski definition) is 3. The highest BCUT2D eigenvalue weighted by atomic mass is 16.1. The molecule has 0 radical (unpaired) electrons. The Morgan fingerprint density at radius 1 is 0.878 bits per heavy atom. The fraction of sp³-hybridized carbons (Fsp3) is 0.447. The Balaban J connectivity index is 0.000000322. The molecule has 1 fully saturated rings. The zero-order chi connectivity index (χ0) is 29.5. The third-order valence-corrected chi connectivity index (χ3v) is 8.47. The fourth-order valence-electron chi connectivity index (χ4n) is 5.71. The zero-order valence-corrected chi connectivity index (χ0v) is 25.9. The number of rotatable bonds is 13. The summed E-state index contributed by atoms with van der Waals surface area (Å²) in [5.74, 6) is 1.84. The molecule has 3 heteroatoms. The van der Waals surface area contributed by atoms with E-state index in [0.29, 0.717) is 30.7 Å². The van der Waals surface area contributed by atoms with Crippen molar-refractivity contribution in [2.24, 2.45) is 5.92 Å². The summed E-state index contributed by atoms with van der Waals surface area (Å²) in [6, 6.07) is 27.0. The number of carbonyl (C=O) groups is 1. The first-order chi connectivity index (χ1) is 19.9. The number of ketones is 1. The van der Waals surface area contributed by atoms with Crippen LogP contribution in [0.2, 0.25) is 0 Å². The molecule has 3 nitrogen and oxygen atoms in total. The maximum absolute atomic E-state index is 11.5. The van der Waals surface area contributed by atoms with Gasteiger partial charge in [-0.3, -0.25) is 4.79 Å². The van der Waals surface area contributed by atoms with Gasteiger partial charge < -0.3 is 10.6 Å². The fourth-order valence-corrected chi connectivity index (χ4v) is 5.71. The Hall–Kier alpha value is -3.17. The van der Waals surface area contributed by atoms with Crippen LogP contribution in [0.4, 0.5) is 0 Å². The van der Waals surface area contributed by atoms with Gasteiger partial charge in [0.15, 0.2) is 0 Å². The number of Topliss-reactive ketones (excluding diaryl/α,β-unsaturated/α-hetero) is 1. The van der Waals surface area contributed by atoms with Crippen LogP contribution in [0.25, 0.3) is 11.1 Å². The first-order valence-corrected chi connectivity index (χ1v) is 15.8. The summed E-state index contributed by atoms with van der Waals surface area (Å²) in [5, 5.41) is 6.40. The number of aryl methyl sites for hydroxylation is 1. The number of benzene rings is 3. The van der Waals surface area contributed by atoms with Crippen molar-refractivity contribution in [3.63, 3.8) is 0 Å². The third-order valence-electron chi connectivity index (χ3n) is 8.47. The summed E-state index contributed by atoms with van der Waals surface area (Å²) in [7, 11) is 0. The lowest BCUT2D eigenvalue weighted by atomic mass is 9.77. The van der Waals surface area contributed by atoms with Crippen LogP contribution in [0.5, 0.6) is 0 Å². The topological polar surface area (TPSA) is 41.1 Å². The van der Waals surface area contributed by atoms with Crippen molar-refractivity contribution in [1.82, 2.24) is 10.6 Å². The Labute approximate surface area is 249 Å². The van der Waals surface area contributed by atoms with Crippen LogP contribution in [-0.4, -0.2) is 18.9 Å². The summed E-state index contributed by atoms with van der Waals surface area (Å²) in [4.78, 5) is 11.5. The van der Waals surface area contributed by atoms with Gasteiger partial charge in [-0.05, 0) is 91.9 Å². The molecule has 1 aliphatic rings. The largest absolute Gasteiger partial charge is 0.385 e. The van der Waals surface area contributed by atoms with Crippen molar-refractivity contribution in [2.75, 3.05) is 13.1 Å². The number of hydrogen-bond donors (Lipinski definition) is 2. The Morgan fingerprint density at radius 3 is 2.05 bits per heavy atom. The molecule has 2 unspecified atom stereocenters. The highest BCUT2D eigenvalue weighted by molar-refractivity contribution is 5.80. The molecule has 0 saturated heterocycles. The highest BCUT2D eigenvalue weighted by Gasteiger charge is 2.21. The van der Waals surface area contributed by atoms with Gasteiger partial charge in [-0.1, -0.05) is 118 Å². The Bertz CT molecular complexity index is 1160. The lowest BCUT2D eigenvalue weighted by Crippen LogP contribution is -2.24. The average Bonchev–Trinajstić information content (AvgIpc) is 3.01. The molecule has 2 N–H and O–H groups in total. The van der Waals surface area contributed by atoms with E-state index >= 15 is 0 Å². The number of carbonyl (C=O) groups excluding carboxylic acids is 1. The van der Waals surface area contributed by atoms with Gasteiger partial charge in [0.1, 0.15) is 5.78 Å². The van der Waals surface area contributed by atoms with Crippen molar-refractivity contribution in [1.29, 1.82) is 0 Å². The molecule has 4 rings (SSSR count). The van der Waals surface area contributed by atoms with Gasteiger partial charge in [-0.2, -0.15) is 0 Å². The highest BCUT2D eigenvalue weighted by Crippen LogP contribution is 2.36. The summed E-state index contributed by atoms with van der Waals surface area (Å²) >= 11 is 0. The first-order valence-electron chi connectivity index (χ1n) is 15.8. The summed E-state index contributed by atoms with van der Waals surface area (Å²) < 4.78 is 0. The maximum Gasteiger partial charge on any atom is 0.146 e. The van der Waals surface area contributed by atoms with Gasteiger partial charge in [0.05, 0.1) is 6.54 Å². The molecule has 2 atom stereocenters. The van der Waals surface area contributed by atoms with E-state index in [9.17, 15) is 4.79 Å². The maximum atomic E-state index is 11.5. The second kappa shape index (κ2) is 17.6. The van der Waals surface area contributed by atoms with Crippen LogP contribution >= 0.6 is 0 Å². The monoisotopic (exact) mass is 552 g/mol. The predicted molar refractivity (Wildman–Crippen MR) is 176 cm³/mol. The van der Waals surface area contributed by atoms with Gasteiger partial charge >= 0.3 is 0 Å². The average molecular weight is 553 g/mol. The zero-order valence-electron chi connectivity index (χ0n) is 25.9. The van der Waals surface area contributed by atoms with Crippen LogP contribution < -0.4 is 10.6 Å². The van der Waals surface area contributed by atoms with E-state index in [-0.39, 0.29) is 0 Å². The quantitative estimate of drug-likeness (QED) is 0.208. The minimum atomic E-state index is 0.309. The van der Waals surface area contributed by atoms with Crippen LogP contribution in [0.1, 0.15) is 99.9 Å². The van der Waals surface area contributed by atoms with E-state index in [0.717, 1.165) is 25.3 Å². The van der Waals surface area contributed by atoms with Crippen LogP contribution in [-0.2, 0) is 11.2 Å². The van der Waals surface area contributed by atoms with E-state index < -0.39 is 0 Å². The Kier molecular flexibility index (Phi) is 13.9. The lowest BCUT2D eigenvalue weighted by Gasteiger charge is -2.28. The van der Waals surface area contributed by atoms with E-state index in [2.05, 4.69) is 111 Å². The SMILES string of the molecule is C=CNC(C)c1ccc(C)cc1.CCCC(=O)CNCCc1ccc(-c2ccc(C(C)C3CCCCC3)cc2)cc1. The molecule has 0 bridgehead atoms. The molecule has 0 amide bonds. The van der Waals surface area contributed by atoms with Crippen molar-refractivity contribution < 1.29 is 4.79 Å². The summed E-state index contributed by atoms with van der Waals surface area (Å²) in [6.07, 6.45) is 11.3. The molecule has 1 aliphatic carbocycles. The van der Waals surface area contributed by atoms with E-state index in [1.54, 1.807) is 6.20 Å². The van der Waals surface area contributed by atoms with Crippen LogP contribution in [0.15, 0.2) is 85.6 Å². The van der Waals surface area contributed by atoms with Gasteiger partial charge in [0.2, 0.25) is 0 Å². The predicted octanol–water partition coefficient (Wildman–Crippen LogP) is 9.33. The molecule has 3 aromatic carbocycles. The standard InChI is InChI=1S/C27H37NO.C11H15N/c1-3-7-27(29)20-28-19-18-22-10-12-25(13-11-22)26-16-14-24(15-17-26)21(2)23-8-5-4-6-9-23;1-4-12-10(3)11-7-5-9(2)6-8-11/h10-17,21,23,28H,3-9,18-20H2,1-2H3;4-8,10,12H,1H2,2-3H3.